The van der Waals surface area contributed by atoms with Gasteiger partial charge in [-0.25, -0.2) is 4.98 Å². The number of hydrogen-bond donors (Lipinski definition) is 1. The molecule has 2 heterocycles. The summed E-state index contributed by atoms with van der Waals surface area (Å²) in [6.07, 6.45) is 1.61. The van der Waals surface area contributed by atoms with Crippen LogP contribution in [0.2, 0.25) is 15.1 Å². The van der Waals surface area contributed by atoms with Gasteiger partial charge in [0, 0.05) is 28.3 Å². The maximum absolute atomic E-state index is 13.0. The van der Waals surface area contributed by atoms with Gasteiger partial charge in [-0.15, -0.1) is 0 Å². The van der Waals surface area contributed by atoms with Crippen LogP contribution in [0.3, 0.4) is 0 Å². The molecule has 0 fully saturated rings. The topological polar surface area (TPSA) is 59.8 Å². The van der Waals surface area contributed by atoms with Crippen LogP contribution in [-0.4, -0.2) is 20.7 Å². The zero-order valence-electron chi connectivity index (χ0n) is 14.6. The van der Waals surface area contributed by atoms with Gasteiger partial charge >= 0.3 is 0 Å². The van der Waals surface area contributed by atoms with Gasteiger partial charge in [0.05, 0.1) is 27.9 Å². The normalized spacial score (nSPS) is 11.0. The third-order valence-corrected chi connectivity index (χ3v) is 5.02. The number of fused-ring (bicyclic) bond motifs is 1. The fourth-order valence-corrected chi connectivity index (χ4v) is 3.60. The number of pyridine rings is 1. The number of nitrogens with zero attached hydrogens (tertiary/aromatic N) is 3. The number of carbonyl (C=O) groups excluding carboxylic acids is 1. The summed E-state index contributed by atoms with van der Waals surface area (Å²) in [6.45, 7) is 0. The first-order valence-corrected chi connectivity index (χ1v) is 9.41. The van der Waals surface area contributed by atoms with Gasteiger partial charge in [-0.3, -0.25) is 9.48 Å². The second-order valence-electron chi connectivity index (χ2n) is 6.15. The number of carbonyl (C=O) groups is 1. The van der Waals surface area contributed by atoms with Crippen molar-refractivity contribution in [3.05, 3.63) is 75.4 Å². The standard InChI is InChI=1S/C20H13Cl3N4O/c1-27-19-16(10-24-27)15(20(28)25-13-4-2-3-11(21)7-13)9-18(26-19)14-6-5-12(22)8-17(14)23/h2-10H,1H3,(H,25,28). The Labute approximate surface area is 175 Å². The molecule has 28 heavy (non-hydrogen) atoms. The third-order valence-electron chi connectivity index (χ3n) is 4.24. The van der Waals surface area contributed by atoms with Crippen LogP contribution in [0, 0.1) is 0 Å². The van der Waals surface area contributed by atoms with Crippen LogP contribution in [0.4, 0.5) is 5.69 Å². The van der Waals surface area contributed by atoms with E-state index in [0.29, 0.717) is 48.6 Å². The van der Waals surface area contributed by atoms with Gasteiger partial charge in [0.15, 0.2) is 5.65 Å². The average molecular weight is 432 g/mol. The number of amides is 1. The Morgan fingerprint density at radius 3 is 2.57 bits per heavy atom. The Kier molecular flexibility index (Phi) is 4.98. The molecular weight excluding hydrogens is 419 g/mol. The number of nitrogens with one attached hydrogen (secondary N) is 1. The molecule has 0 saturated carbocycles. The quantitative estimate of drug-likeness (QED) is 0.443. The Morgan fingerprint density at radius 2 is 1.82 bits per heavy atom. The molecule has 8 heteroatoms. The van der Waals surface area contributed by atoms with Crippen molar-refractivity contribution in [3.63, 3.8) is 0 Å². The van der Waals surface area contributed by atoms with Crippen molar-refractivity contribution in [2.75, 3.05) is 5.32 Å². The largest absolute Gasteiger partial charge is 0.322 e. The number of benzene rings is 2. The monoisotopic (exact) mass is 430 g/mol. The molecule has 2 aromatic carbocycles. The van der Waals surface area contributed by atoms with Crippen LogP contribution in [0.5, 0.6) is 0 Å². The van der Waals surface area contributed by atoms with E-state index in [-0.39, 0.29) is 5.91 Å². The van der Waals surface area contributed by atoms with Gasteiger partial charge in [0.25, 0.3) is 5.91 Å². The van der Waals surface area contributed by atoms with Crippen LogP contribution < -0.4 is 5.32 Å². The first-order chi connectivity index (χ1) is 13.4. The lowest BCUT2D eigenvalue weighted by atomic mass is 10.1. The maximum Gasteiger partial charge on any atom is 0.256 e. The minimum absolute atomic E-state index is 0.297. The van der Waals surface area contributed by atoms with Crippen molar-refractivity contribution in [1.82, 2.24) is 14.8 Å². The second-order valence-corrected chi connectivity index (χ2v) is 7.43. The van der Waals surface area contributed by atoms with Crippen molar-refractivity contribution < 1.29 is 4.79 Å². The number of halogens is 3. The molecule has 0 aliphatic carbocycles. The molecule has 1 amide bonds. The minimum Gasteiger partial charge on any atom is -0.322 e. The molecule has 0 atom stereocenters. The molecule has 0 saturated heterocycles. The molecule has 0 aliphatic heterocycles. The van der Waals surface area contributed by atoms with Crippen molar-refractivity contribution in [1.29, 1.82) is 0 Å². The van der Waals surface area contributed by atoms with Gasteiger partial charge in [-0.1, -0.05) is 40.9 Å². The summed E-state index contributed by atoms with van der Waals surface area (Å²) in [6, 6.07) is 13.8. The van der Waals surface area contributed by atoms with Gasteiger partial charge in [-0.2, -0.15) is 5.10 Å². The number of aryl methyl sites for hydroxylation is 1. The van der Waals surface area contributed by atoms with E-state index in [4.69, 9.17) is 34.8 Å². The molecule has 1 N–H and O–H groups in total. The molecule has 0 aliphatic rings. The van der Waals surface area contributed by atoms with Gasteiger partial charge in [0.1, 0.15) is 0 Å². The number of anilines is 1. The summed E-state index contributed by atoms with van der Waals surface area (Å²) < 4.78 is 1.61. The van der Waals surface area contributed by atoms with E-state index in [1.165, 1.54) is 0 Å². The highest BCUT2D eigenvalue weighted by molar-refractivity contribution is 6.36. The predicted octanol–water partition coefficient (Wildman–Crippen LogP) is 5.85. The van der Waals surface area contributed by atoms with E-state index < -0.39 is 0 Å². The average Bonchev–Trinajstić information content (AvgIpc) is 3.02. The highest BCUT2D eigenvalue weighted by atomic mass is 35.5. The van der Waals surface area contributed by atoms with Gasteiger partial charge in [0.2, 0.25) is 0 Å². The Hall–Kier alpha value is -2.60. The smallest absolute Gasteiger partial charge is 0.256 e. The van der Waals surface area contributed by atoms with Crippen molar-refractivity contribution >= 4 is 57.4 Å². The molecule has 0 bridgehead atoms. The maximum atomic E-state index is 13.0. The van der Waals surface area contributed by atoms with Crippen LogP contribution in [-0.2, 0) is 7.05 Å². The van der Waals surface area contributed by atoms with E-state index in [1.807, 2.05) is 0 Å². The molecule has 2 aromatic heterocycles. The highest BCUT2D eigenvalue weighted by Gasteiger charge is 2.18. The summed E-state index contributed by atoms with van der Waals surface area (Å²) in [5.74, 6) is -0.297. The molecule has 0 radical (unpaired) electrons. The van der Waals surface area contributed by atoms with E-state index >= 15 is 0 Å². The van der Waals surface area contributed by atoms with E-state index in [9.17, 15) is 4.79 Å². The third kappa shape index (κ3) is 3.56. The fraction of sp³-hybridized carbons (Fsp3) is 0.0500. The highest BCUT2D eigenvalue weighted by Crippen LogP contribution is 2.32. The zero-order valence-corrected chi connectivity index (χ0v) is 16.8. The lowest BCUT2D eigenvalue weighted by Gasteiger charge is -2.10. The van der Waals surface area contributed by atoms with Crippen molar-refractivity contribution in [3.8, 4) is 11.3 Å². The fourth-order valence-electron chi connectivity index (χ4n) is 2.90. The molecule has 0 unspecified atom stereocenters. The first kappa shape index (κ1) is 18.7. The Bertz CT molecular complexity index is 1220. The Morgan fingerprint density at radius 1 is 1.04 bits per heavy atom. The lowest BCUT2D eigenvalue weighted by molar-refractivity contribution is 0.102. The van der Waals surface area contributed by atoms with Crippen LogP contribution in [0.1, 0.15) is 10.4 Å². The lowest BCUT2D eigenvalue weighted by Crippen LogP contribution is -2.13. The van der Waals surface area contributed by atoms with Crippen molar-refractivity contribution in [2.45, 2.75) is 0 Å². The molecule has 140 valence electrons. The second kappa shape index (κ2) is 7.43. The Balaban J connectivity index is 1.84. The van der Waals surface area contributed by atoms with Gasteiger partial charge in [-0.05, 0) is 42.5 Å². The van der Waals surface area contributed by atoms with Crippen LogP contribution >= 0.6 is 34.8 Å². The number of rotatable bonds is 3. The molecule has 5 nitrogen and oxygen atoms in total. The van der Waals surface area contributed by atoms with E-state index in [2.05, 4.69) is 15.4 Å². The summed E-state index contributed by atoms with van der Waals surface area (Å²) >= 11 is 18.4. The number of hydrogen-bond acceptors (Lipinski definition) is 3. The van der Waals surface area contributed by atoms with Crippen molar-refractivity contribution in [2.24, 2.45) is 7.05 Å². The summed E-state index contributed by atoms with van der Waals surface area (Å²) in [4.78, 5) is 17.6. The minimum atomic E-state index is -0.297. The predicted molar refractivity (Wildman–Crippen MR) is 113 cm³/mol. The molecule has 0 spiro atoms. The van der Waals surface area contributed by atoms with Gasteiger partial charge < -0.3 is 5.32 Å². The summed E-state index contributed by atoms with van der Waals surface area (Å²) in [5.41, 5.74) is 2.82. The van der Waals surface area contributed by atoms with Crippen LogP contribution in [0.25, 0.3) is 22.3 Å². The van der Waals surface area contributed by atoms with Crippen LogP contribution in [0.15, 0.2) is 54.7 Å². The van der Waals surface area contributed by atoms with E-state index in [1.54, 1.807) is 66.5 Å². The zero-order chi connectivity index (χ0) is 19.8. The summed E-state index contributed by atoms with van der Waals surface area (Å²) in [5, 5.41) is 9.23. The SMILES string of the molecule is Cn1ncc2c(C(=O)Nc3cccc(Cl)c3)cc(-c3ccc(Cl)cc3Cl)nc21. The van der Waals surface area contributed by atoms with E-state index in [0.717, 1.165) is 0 Å². The first-order valence-electron chi connectivity index (χ1n) is 8.27. The summed E-state index contributed by atoms with van der Waals surface area (Å²) in [7, 11) is 1.77. The molecule has 4 rings (SSSR count). The number of aromatic nitrogens is 3. The molecular formula is C20H13Cl3N4O. The molecule has 4 aromatic rings.